The molecule has 0 fully saturated rings. The maximum Gasteiger partial charge on any atom is 0.335 e. The molecule has 1 N–H and O–H groups in total. The van der Waals surface area contributed by atoms with Crippen LogP contribution in [0.4, 0.5) is 5.82 Å². The van der Waals surface area contributed by atoms with Crippen LogP contribution in [0.25, 0.3) is 11.3 Å². The third-order valence-corrected chi connectivity index (χ3v) is 4.89. The van der Waals surface area contributed by atoms with Gasteiger partial charge in [0.1, 0.15) is 5.82 Å². The number of carboxylic acids is 1. The number of carbonyl (C=O) groups excluding carboxylic acids is 1. The molecule has 4 rings (SSSR count). The second-order valence-electron chi connectivity index (χ2n) is 6.32. The molecule has 0 saturated heterocycles. The van der Waals surface area contributed by atoms with E-state index in [0.717, 1.165) is 16.8 Å². The molecule has 136 valence electrons. The Morgan fingerprint density at radius 2 is 1.89 bits per heavy atom. The summed E-state index contributed by atoms with van der Waals surface area (Å²) < 4.78 is 1.81. The van der Waals surface area contributed by atoms with Crippen LogP contribution in [-0.4, -0.2) is 26.8 Å². The van der Waals surface area contributed by atoms with Gasteiger partial charge in [0, 0.05) is 18.1 Å². The molecule has 2 aromatic carbocycles. The Bertz CT molecular complexity index is 1030. The fourth-order valence-electron chi connectivity index (χ4n) is 3.16. The van der Waals surface area contributed by atoms with E-state index in [0.29, 0.717) is 30.4 Å². The minimum atomic E-state index is -0.974. The van der Waals surface area contributed by atoms with E-state index in [1.165, 1.54) is 0 Å². The number of aromatic nitrogens is 2. The van der Waals surface area contributed by atoms with E-state index in [-0.39, 0.29) is 11.5 Å². The number of aryl methyl sites for hydroxylation is 1. The lowest BCUT2D eigenvalue weighted by atomic mass is 10.1. The number of hydrogen-bond acceptors (Lipinski definition) is 3. The summed E-state index contributed by atoms with van der Waals surface area (Å²) in [4.78, 5) is 25.2. The maximum absolute atomic E-state index is 12.5. The Morgan fingerprint density at radius 3 is 2.59 bits per heavy atom. The number of carboxylic acid groups (broad SMARTS) is 1. The summed E-state index contributed by atoms with van der Waals surface area (Å²) in [6.07, 6.45) is 0.365. The number of nitrogens with zero attached hydrogens (tertiary/aromatic N) is 3. The molecule has 0 unspecified atom stereocenters. The van der Waals surface area contributed by atoms with Crippen molar-refractivity contribution in [1.82, 2.24) is 9.78 Å². The predicted octanol–water partition coefficient (Wildman–Crippen LogP) is 3.84. The molecule has 0 saturated carbocycles. The third-order valence-electron chi connectivity index (χ3n) is 4.57. The standard InChI is InChI=1S/C20H16ClN3O3/c21-16-4-2-1-3-15(16)17-11-18-23(19(25)9-10-24(18)22-17)12-13-5-7-14(8-6-13)20(26)27/h1-8,11H,9-10,12H2,(H,26,27). The monoisotopic (exact) mass is 381 g/mol. The van der Waals surface area contributed by atoms with Crippen LogP contribution in [0, 0.1) is 0 Å². The minimum Gasteiger partial charge on any atom is -0.478 e. The normalized spacial score (nSPS) is 13.5. The molecule has 7 heteroatoms. The van der Waals surface area contributed by atoms with E-state index < -0.39 is 5.97 Å². The molecular weight excluding hydrogens is 366 g/mol. The summed E-state index contributed by atoms with van der Waals surface area (Å²) in [6.45, 7) is 0.874. The molecule has 0 spiro atoms. The van der Waals surface area contributed by atoms with E-state index in [1.807, 2.05) is 35.0 Å². The molecular formula is C20H16ClN3O3. The molecule has 2 heterocycles. The molecule has 1 aliphatic heterocycles. The Balaban J connectivity index is 1.66. The number of halogens is 1. The van der Waals surface area contributed by atoms with E-state index >= 15 is 0 Å². The zero-order chi connectivity index (χ0) is 19.0. The fraction of sp³-hybridized carbons (Fsp3) is 0.150. The predicted molar refractivity (Wildman–Crippen MR) is 102 cm³/mol. The van der Waals surface area contributed by atoms with Crippen LogP contribution in [0.3, 0.4) is 0 Å². The van der Waals surface area contributed by atoms with E-state index in [2.05, 4.69) is 5.10 Å². The van der Waals surface area contributed by atoms with Crippen molar-refractivity contribution in [2.75, 3.05) is 4.90 Å². The molecule has 0 atom stereocenters. The van der Waals surface area contributed by atoms with Gasteiger partial charge in [0.2, 0.25) is 5.91 Å². The number of fused-ring (bicyclic) bond motifs is 1. The number of benzene rings is 2. The van der Waals surface area contributed by atoms with Crippen LogP contribution in [0.1, 0.15) is 22.3 Å². The second-order valence-corrected chi connectivity index (χ2v) is 6.73. The molecule has 27 heavy (non-hydrogen) atoms. The maximum atomic E-state index is 12.5. The highest BCUT2D eigenvalue weighted by atomic mass is 35.5. The van der Waals surface area contributed by atoms with Crippen LogP contribution in [-0.2, 0) is 17.9 Å². The first kappa shape index (κ1) is 17.3. The third kappa shape index (κ3) is 3.31. The smallest absolute Gasteiger partial charge is 0.335 e. The quantitative estimate of drug-likeness (QED) is 0.745. The zero-order valence-corrected chi connectivity index (χ0v) is 15.1. The van der Waals surface area contributed by atoms with Crippen LogP contribution < -0.4 is 4.90 Å². The Morgan fingerprint density at radius 1 is 1.15 bits per heavy atom. The van der Waals surface area contributed by atoms with Crippen LogP contribution in [0.2, 0.25) is 5.02 Å². The molecule has 3 aromatic rings. The summed E-state index contributed by atoms with van der Waals surface area (Å²) in [5.41, 5.74) is 2.60. The average molecular weight is 382 g/mol. The summed E-state index contributed by atoms with van der Waals surface area (Å²) in [5, 5.41) is 14.2. The van der Waals surface area contributed by atoms with Crippen LogP contribution >= 0.6 is 11.6 Å². The second kappa shape index (κ2) is 6.89. The van der Waals surface area contributed by atoms with Gasteiger partial charge in [-0.25, -0.2) is 9.48 Å². The summed E-state index contributed by atoms with van der Waals surface area (Å²) in [6, 6.07) is 15.9. The number of rotatable bonds is 4. The van der Waals surface area contributed by atoms with Crippen LogP contribution in [0.15, 0.2) is 54.6 Å². The van der Waals surface area contributed by atoms with Crippen LogP contribution in [0.5, 0.6) is 0 Å². The van der Waals surface area contributed by atoms with Crippen molar-refractivity contribution in [2.24, 2.45) is 0 Å². The van der Waals surface area contributed by atoms with Crippen molar-refractivity contribution in [3.05, 3.63) is 70.7 Å². The van der Waals surface area contributed by atoms with E-state index in [4.69, 9.17) is 16.7 Å². The zero-order valence-electron chi connectivity index (χ0n) is 14.3. The molecule has 1 aromatic heterocycles. The Labute approximate surface area is 160 Å². The fourth-order valence-corrected chi connectivity index (χ4v) is 3.39. The highest BCUT2D eigenvalue weighted by Gasteiger charge is 2.27. The van der Waals surface area contributed by atoms with Crippen molar-refractivity contribution < 1.29 is 14.7 Å². The molecule has 6 nitrogen and oxygen atoms in total. The van der Waals surface area contributed by atoms with Crippen molar-refractivity contribution in [3.8, 4) is 11.3 Å². The van der Waals surface area contributed by atoms with Crippen molar-refractivity contribution in [2.45, 2.75) is 19.5 Å². The summed E-state index contributed by atoms with van der Waals surface area (Å²) in [7, 11) is 0. The molecule has 0 bridgehead atoms. The molecule has 0 radical (unpaired) electrons. The summed E-state index contributed by atoms with van der Waals surface area (Å²) >= 11 is 6.28. The van der Waals surface area contributed by atoms with Gasteiger partial charge in [-0.05, 0) is 23.8 Å². The highest BCUT2D eigenvalue weighted by molar-refractivity contribution is 6.33. The average Bonchev–Trinajstić information content (AvgIpc) is 3.09. The number of amides is 1. The van der Waals surface area contributed by atoms with Crippen molar-refractivity contribution in [3.63, 3.8) is 0 Å². The van der Waals surface area contributed by atoms with E-state index in [1.54, 1.807) is 29.2 Å². The van der Waals surface area contributed by atoms with Gasteiger partial charge in [0.25, 0.3) is 0 Å². The summed E-state index contributed by atoms with van der Waals surface area (Å²) in [5.74, 6) is -0.253. The number of carbonyl (C=O) groups is 2. The van der Waals surface area contributed by atoms with Gasteiger partial charge in [0.05, 0.1) is 29.4 Å². The number of anilines is 1. The van der Waals surface area contributed by atoms with Gasteiger partial charge in [-0.2, -0.15) is 5.10 Å². The number of aromatic carboxylic acids is 1. The lowest BCUT2D eigenvalue weighted by Crippen LogP contribution is -2.36. The van der Waals surface area contributed by atoms with Gasteiger partial charge in [-0.1, -0.05) is 41.9 Å². The topological polar surface area (TPSA) is 75.4 Å². The Hall–Kier alpha value is -3.12. The molecule has 0 aliphatic carbocycles. The Kier molecular flexibility index (Phi) is 4.41. The lowest BCUT2D eigenvalue weighted by molar-refractivity contribution is -0.119. The first-order valence-electron chi connectivity index (χ1n) is 8.48. The van der Waals surface area contributed by atoms with Gasteiger partial charge in [0.15, 0.2) is 0 Å². The highest BCUT2D eigenvalue weighted by Crippen LogP contribution is 2.32. The van der Waals surface area contributed by atoms with Gasteiger partial charge < -0.3 is 5.11 Å². The van der Waals surface area contributed by atoms with Gasteiger partial charge in [-0.3, -0.25) is 9.69 Å². The largest absolute Gasteiger partial charge is 0.478 e. The molecule has 1 amide bonds. The lowest BCUT2D eigenvalue weighted by Gasteiger charge is -2.27. The molecule has 1 aliphatic rings. The SMILES string of the molecule is O=C(O)c1ccc(CN2C(=O)CCn3nc(-c4ccccc4Cl)cc32)cc1. The number of hydrogen-bond donors (Lipinski definition) is 1. The first-order chi connectivity index (χ1) is 13.0. The van der Waals surface area contributed by atoms with Crippen molar-refractivity contribution >= 4 is 29.3 Å². The van der Waals surface area contributed by atoms with Gasteiger partial charge in [-0.15, -0.1) is 0 Å². The van der Waals surface area contributed by atoms with E-state index in [9.17, 15) is 9.59 Å². The van der Waals surface area contributed by atoms with Gasteiger partial charge >= 0.3 is 5.97 Å². The van der Waals surface area contributed by atoms with Crippen molar-refractivity contribution in [1.29, 1.82) is 0 Å². The first-order valence-corrected chi connectivity index (χ1v) is 8.86. The minimum absolute atomic E-state index is 0.00965.